The van der Waals surface area contributed by atoms with Crippen molar-refractivity contribution in [3.63, 3.8) is 0 Å². The molecule has 1 heterocycles. The topological polar surface area (TPSA) is 41.0 Å². The average Bonchev–Trinajstić information content (AvgIpc) is 2.03. The van der Waals surface area contributed by atoms with E-state index >= 15 is 0 Å². The fraction of sp³-hybridized carbons (Fsp3) is 0. The highest BCUT2D eigenvalue weighted by Gasteiger charge is 2.20. The van der Waals surface area contributed by atoms with Gasteiger partial charge in [-0.1, -0.05) is 0 Å². The maximum Gasteiger partial charge on any atom is 0.673 e. The number of hydrogen-bond acceptors (Lipinski definition) is 2. The van der Waals surface area contributed by atoms with Crippen LogP contribution >= 0.6 is 0 Å². The first kappa shape index (κ1) is 11.4. The highest BCUT2D eigenvalue weighted by molar-refractivity contribution is 6.50. The van der Waals surface area contributed by atoms with Gasteiger partial charge in [-0.3, -0.25) is 4.98 Å². The SMILES string of the molecule is F[B-](F)(F)F.N#[N+]c1ccncc1. The van der Waals surface area contributed by atoms with Crippen molar-refractivity contribution in [3.05, 3.63) is 29.5 Å². The Morgan fingerprint density at radius 2 is 1.54 bits per heavy atom. The third-order valence-electron chi connectivity index (χ3n) is 0.778. The fourth-order valence-corrected chi connectivity index (χ4v) is 0.411. The van der Waals surface area contributed by atoms with Crippen molar-refractivity contribution in [2.24, 2.45) is 0 Å². The third-order valence-corrected chi connectivity index (χ3v) is 0.778. The van der Waals surface area contributed by atoms with Crippen LogP contribution in [-0.4, -0.2) is 12.2 Å². The molecule has 0 fully saturated rings. The number of rotatable bonds is 0. The van der Waals surface area contributed by atoms with E-state index in [1.165, 1.54) is 0 Å². The van der Waals surface area contributed by atoms with Gasteiger partial charge in [-0.25, -0.2) is 0 Å². The van der Waals surface area contributed by atoms with E-state index in [1.807, 2.05) is 0 Å². The molecular formula is C5H4BF4N3. The van der Waals surface area contributed by atoms with Gasteiger partial charge < -0.3 is 17.3 Å². The summed E-state index contributed by atoms with van der Waals surface area (Å²) in [6, 6.07) is 3.22. The number of halogens is 4. The molecule has 0 spiro atoms. The lowest BCUT2D eigenvalue weighted by Gasteiger charge is -1.94. The van der Waals surface area contributed by atoms with E-state index in [-0.39, 0.29) is 0 Å². The van der Waals surface area contributed by atoms with E-state index in [2.05, 4.69) is 9.96 Å². The average molecular weight is 193 g/mol. The highest BCUT2D eigenvalue weighted by Crippen LogP contribution is 2.06. The first-order chi connectivity index (χ1) is 5.93. The maximum absolute atomic E-state index is 9.75. The first-order valence-corrected chi connectivity index (χ1v) is 3.06. The zero-order chi connectivity index (χ0) is 10.3. The number of nitrogens with zero attached hydrogens (tertiary/aromatic N) is 3. The van der Waals surface area contributed by atoms with E-state index < -0.39 is 7.25 Å². The minimum Gasteiger partial charge on any atom is -0.418 e. The van der Waals surface area contributed by atoms with Gasteiger partial charge in [0.2, 0.25) is 5.39 Å². The Bertz CT molecular complexity index is 274. The van der Waals surface area contributed by atoms with Crippen molar-refractivity contribution in [2.45, 2.75) is 0 Å². The lowest BCUT2D eigenvalue weighted by atomic mass is 10.3. The van der Waals surface area contributed by atoms with Crippen molar-refractivity contribution in [2.75, 3.05) is 0 Å². The van der Waals surface area contributed by atoms with Crippen LogP contribution in [0, 0.1) is 5.39 Å². The minimum atomic E-state index is -6.00. The Balaban J connectivity index is 0.000000252. The lowest BCUT2D eigenvalue weighted by molar-refractivity contribution is 0.368. The van der Waals surface area contributed by atoms with Crippen molar-refractivity contribution >= 4 is 12.9 Å². The van der Waals surface area contributed by atoms with Crippen LogP contribution < -0.4 is 0 Å². The molecule has 0 aliphatic rings. The van der Waals surface area contributed by atoms with E-state index in [1.54, 1.807) is 24.5 Å². The zero-order valence-corrected chi connectivity index (χ0v) is 6.24. The lowest BCUT2D eigenvalue weighted by Crippen LogP contribution is -2.02. The second-order valence-corrected chi connectivity index (χ2v) is 1.80. The van der Waals surface area contributed by atoms with Crippen molar-refractivity contribution < 1.29 is 17.3 Å². The Morgan fingerprint density at radius 1 is 1.15 bits per heavy atom. The second-order valence-electron chi connectivity index (χ2n) is 1.80. The molecule has 13 heavy (non-hydrogen) atoms. The summed E-state index contributed by atoms with van der Waals surface area (Å²) in [5.41, 5.74) is 0.528. The third kappa shape index (κ3) is 10.4. The monoisotopic (exact) mass is 193 g/mol. The quantitative estimate of drug-likeness (QED) is 0.361. The fourth-order valence-electron chi connectivity index (χ4n) is 0.411. The van der Waals surface area contributed by atoms with Gasteiger partial charge in [0.1, 0.15) is 0 Å². The molecule has 0 radical (unpaired) electrons. The molecule has 70 valence electrons. The summed E-state index contributed by atoms with van der Waals surface area (Å²) in [7, 11) is -6.00. The number of diazo groups is 1. The van der Waals surface area contributed by atoms with Crippen LogP contribution in [0.15, 0.2) is 24.5 Å². The van der Waals surface area contributed by atoms with Gasteiger partial charge in [-0.05, 0) is 0 Å². The molecular weight excluding hydrogens is 189 g/mol. The molecule has 0 bridgehead atoms. The summed E-state index contributed by atoms with van der Waals surface area (Å²) in [6.45, 7) is 0. The smallest absolute Gasteiger partial charge is 0.418 e. The maximum atomic E-state index is 9.75. The highest BCUT2D eigenvalue weighted by atomic mass is 19.5. The molecule has 3 nitrogen and oxygen atoms in total. The molecule has 0 saturated heterocycles. The van der Waals surface area contributed by atoms with Gasteiger partial charge in [-0.15, -0.1) is 0 Å². The van der Waals surface area contributed by atoms with Crippen LogP contribution in [-0.2, 0) is 0 Å². The Hall–Kier alpha value is -1.65. The van der Waals surface area contributed by atoms with Gasteiger partial charge in [0, 0.05) is 12.4 Å². The summed E-state index contributed by atoms with van der Waals surface area (Å²) in [4.78, 5) is 6.65. The first-order valence-electron chi connectivity index (χ1n) is 3.06. The number of aromatic nitrogens is 1. The van der Waals surface area contributed by atoms with Gasteiger partial charge in [0.25, 0.3) is 0 Å². The van der Waals surface area contributed by atoms with Crippen molar-refractivity contribution in [3.8, 4) is 0 Å². The number of hydrogen-bond donors (Lipinski definition) is 0. The summed E-state index contributed by atoms with van der Waals surface area (Å²) < 4.78 is 39.0. The molecule has 0 aliphatic carbocycles. The van der Waals surface area contributed by atoms with E-state index in [9.17, 15) is 17.3 Å². The van der Waals surface area contributed by atoms with E-state index in [0.717, 1.165) is 0 Å². The Labute approximate surface area is 71.1 Å². The van der Waals surface area contributed by atoms with Crippen LogP contribution in [0.2, 0.25) is 0 Å². The Kier molecular flexibility index (Phi) is 4.44. The van der Waals surface area contributed by atoms with Crippen LogP contribution in [0.1, 0.15) is 0 Å². The van der Waals surface area contributed by atoms with Crippen LogP contribution in [0.4, 0.5) is 23.0 Å². The molecule has 0 saturated carbocycles. The molecule has 0 unspecified atom stereocenters. The summed E-state index contributed by atoms with van der Waals surface area (Å²) in [6.07, 6.45) is 3.13. The summed E-state index contributed by atoms with van der Waals surface area (Å²) in [5, 5.41) is 8.13. The molecule has 0 amide bonds. The van der Waals surface area contributed by atoms with Crippen LogP contribution in [0.3, 0.4) is 0 Å². The van der Waals surface area contributed by atoms with E-state index in [4.69, 9.17) is 5.39 Å². The predicted molar refractivity (Wildman–Crippen MR) is 39.2 cm³/mol. The normalized spacial score (nSPS) is 9.46. The molecule has 8 heteroatoms. The van der Waals surface area contributed by atoms with Crippen molar-refractivity contribution in [1.29, 1.82) is 5.39 Å². The molecule has 0 N–H and O–H groups in total. The summed E-state index contributed by atoms with van der Waals surface area (Å²) >= 11 is 0. The van der Waals surface area contributed by atoms with Crippen LogP contribution in [0.25, 0.3) is 4.98 Å². The Morgan fingerprint density at radius 3 is 1.77 bits per heavy atom. The van der Waals surface area contributed by atoms with Gasteiger partial charge in [-0.2, -0.15) is 0 Å². The second kappa shape index (κ2) is 5.08. The molecule has 1 aromatic heterocycles. The molecule has 1 rings (SSSR count). The largest absolute Gasteiger partial charge is 0.673 e. The molecule has 0 atom stereocenters. The van der Waals surface area contributed by atoms with E-state index in [0.29, 0.717) is 5.69 Å². The molecule has 0 aliphatic heterocycles. The molecule has 0 aromatic carbocycles. The van der Waals surface area contributed by atoms with Crippen LogP contribution in [0.5, 0.6) is 0 Å². The van der Waals surface area contributed by atoms with Gasteiger partial charge >= 0.3 is 12.9 Å². The predicted octanol–water partition coefficient (Wildman–Crippen LogP) is 2.87. The summed E-state index contributed by atoms with van der Waals surface area (Å²) in [5.74, 6) is 0. The zero-order valence-electron chi connectivity index (χ0n) is 6.24. The standard InChI is InChI=1S/C5H4N3.BF4/c6-8-5-1-3-7-4-2-5;2-1(3,4)5/h1-4H;/q+1;-1. The molecule has 1 aromatic rings. The van der Waals surface area contributed by atoms with Crippen molar-refractivity contribution in [1.82, 2.24) is 4.98 Å². The van der Waals surface area contributed by atoms with Gasteiger partial charge in [0.05, 0.1) is 12.1 Å². The minimum absolute atomic E-state index is 0.528. The number of pyridine rings is 1. The van der Waals surface area contributed by atoms with Gasteiger partial charge in [0.15, 0.2) is 4.98 Å².